The summed E-state index contributed by atoms with van der Waals surface area (Å²) >= 11 is 5.77. The molecule has 2 heterocycles. The van der Waals surface area contributed by atoms with Crippen molar-refractivity contribution >= 4 is 29.2 Å². The van der Waals surface area contributed by atoms with Gasteiger partial charge >= 0.3 is 5.97 Å². The van der Waals surface area contributed by atoms with Crippen molar-refractivity contribution in [3.63, 3.8) is 0 Å². The monoisotopic (exact) mass is 348 g/mol. The predicted molar refractivity (Wildman–Crippen MR) is 85.6 cm³/mol. The third-order valence-corrected chi connectivity index (χ3v) is 3.33. The number of carbonyl (C=O) groups is 2. The number of hydrogen-bond donors (Lipinski definition) is 1. The van der Waals surface area contributed by atoms with Crippen molar-refractivity contribution in [3.05, 3.63) is 47.2 Å². The van der Waals surface area contributed by atoms with Crippen LogP contribution >= 0.6 is 11.6 Å². The first-order valence-corrected chi connectivity index (χ1v) is 7.48. The summed E-state index contributed by atoms with van der Waals surface area (Å²) < 4.78 is 15.7. The fourth-order valence-corrected chi connectivity index (χ4v) is 2.20. The Morgan fingerprint density at radius 3 is 2.75 bits per heavy atom. The second kappa shape index (κ2) is 7.18. The maximum Gasteiger partial charge on any atom is 0.357 e. The van der Waals surface area contributed by atoms with Crippen LogP contribution in [0.5, 0.6) is 11.5 Å². The van der Waals surface area contributed by atoms with Crippen LogP contribution in [0.2, 0.25) is 5.02 Å². The zero-order chi connectivity index (χ0) is 16.9. The summed E-state index contributed by atoms with van der Waals surface area (Å²) in [6.07, 6.45) is 1.38. The number of pyridine rings is 1. The van der Waals surface area contributed by atoms with Gasteiger partial charge in [-0.15, -0.1) is 0 Å². The average Bonchev–Trinajstić information content (AvgIpc) is 2.59. The highest BCUT2D eigenvalue weighted by molar-refractivity contribution is 6.30. The van der Waals surface area contributed by atoms with E-state index in [1.807, 2.05) is 0 Å². The molecular weight excluding hydrogens is 336 g/mol. The summed E-state index contributed by atoms with van der Waals surface area (Å²) in [6.45, 7) is 0.502. The smallest absolute Gasteiger partial charge is 0.357 e. The highest BCUT2D eigenvalue weighted by Crippen LogP contribution is 2.32. The molecule has 0 bridgehead atoms. The molecule has 0 saturated carbocycles. The first kappa shape index (κ1) is 16.1. The Balaban J connectivity index is 1.55. The zero-order valence-electron chi connectivity index (χ0n) is 12.5. The molecule has 8 heteroatoms. The lowest BCUT2D eigenvalue weighted by Gasteiger charge is -2.19. The number of carbonyl (C=O) groups excluding carboxylic acids is 2. The van der Waals surface area contributed by atoms with Crippen molar-refractivity contribution in [3.8, 4) is 11.5 Å². The summed E-state index contributed by atoms with van der Waals surface area (Å²) in [5.74, 6) is -0.0336. The van der Waals surface area contributed by atoms with Gasteiger partial charge in [0.2, 0.25) is 0 Å². The highest BCUT2D eigenvalue weighted by atomic mass is 35.5. The number of rotatable bonds is 4. The maximum atomic E-state index is 11.9. The molecule has 1 aliphatic heterocycles. The molecule has 0 aliphatic carbocycles. The molecule has 1 aliphatic rings. The Morgan fingerprint density at radius 2 is 1.96 bits per heavy atom. The van der Waals surface area contributed by atoms with E-state index in [1.54, 1.807) is 18.2 Å². The minimum absolute atomic E-state index is 0.0367. The van der Waals surface area contributed by atoms with Crippen molar-refractivity contribution in [2.24, 2.45) is 0 Å². The number of anilines is 1. The van der Waals surface area contributed by atoms with Gasteiger partial charge in [0, 0.05) is 23.0 Å². The first-order valence-electron chi connectivity index (χ1n) is 7.10. The summed E-state index contributed by atoms with van der Waals surface area (Å²) in [7, 11) is 0. The molecule has 2 aromatic rings. The fraction of sp³-hybridized carbons (Fsp3) is 0.188. The Bertz CT molecular complexity index is 781. The second-order valence-corrected chi connectivity index (χ2v) is 5.28. The Morgan fingerprint density at radius 1 is 1.17 bits per heavy atom. The molecule has 7 nitrogen and oxygen atoms in total. The number of halogens is 1. The van der Waals surface area contributed by atoms with E-state index in [0.29, 0.717) is 35.4 Å². The van der Waals surface area contributed by atoms with Gasteiger partial charge in [-0.2, -0.15) is 0 Å². The minimum atomic E-state index is -0.727. The number of aromatic nitrogens is 1. The standard InChI is InChI=1S/C16H13ClN2O5/c17-10-3-4-18-12(7-10)16(21)24-9-15(20)19-11-1-2-13-14(8-11)23-6-5-22-13/h1-4,7-8H,5-6,9H2,(H,19,20). The number of fused-ring (bicyclic) bond motifs is 1. The Labute approximate surface area is 142 Å². The van der Waals surface area contributed by atoms with Gasteiger partial charge in [0.25, 0.3) is 5.91 Å². The quantitative estimate of drug-likeness (QED) is 0.853. The highest BCUT2D eigenvalue weighted by Gasteiger charge is 2.15. The van der Waals surface area contributed by atoms with Gasteiger partial charge < -0.3 is 19.5 Å². The van der Waals surface area contributed by atoms with E-state index < -0.39 is 18.5 Å². The number of benzene rings is 1. The van der Waals surface area contributed by atoms with E-state index in [1.165, 1.54) is 18.3 Å². The van der Waals surface area contributed by atoms with Gasteiger partial charge in [-0.1, -0.05) is 11.6 Å². The van der Waals surface area contributed by atoms with Crippen molar-refractivity contribution in [1.29, 1.82) is 0 Å². The van der Waals surface area contributed by atoms with Crippen LogP contribution in [0.1, 0.15) is 10.5 Å². The van der Waals surface area contributed by atoms with Crippen LogP contribution in [0.3, 0.4) is 0 Å². The van der Waals surface area contributed by atoms with Gasteiger partial charge in [-0.25, -0.2) is 9.78 Å². The molecule has 0 fully saturated rings. The maximum absolute atomic E-state index is 11.9. The van der Waals surface area contributed by atoms with Crippen LogP contribution in [-0.4, -0.2) is 36.7 Å². The summed E-state index contributed by atoms with van der Waals surface area (Å²) in [4.78, 5) is 27.5. The third kappa shape index (κ3) is 3.94. The molecule has 1 amide bonds. The predicted octanol–water partition coefficient (Wildman–Crippen LogP) is 2.30. The summed E-state index contributed by atoms with van der Waals surface area (Å²) in [5.41, 5.74) is 0.552. The normalized spacial score (nSPS) is 12.4. The van der Waals surface area contributed by atoms with E-state index in [2.05, 4.69) is 10.3 Å². The van der Waals surface area contributed by atoms with E-state index in [4.69, 9.17) is 25.8 Å². The molecular formula is C16H13ClN2O5. The topological polar surface area (TPSA) is 86.8 Å². The third-order valence-electron chi connectivity index (χ3n) is 3.09. The van der Waals surface area contributed by atoms with Gasteiger partial charge in [0.1, 0.15) is 18.9 Å². The lowest BCUT2D eigenvalue weighted by molar-refractivity contribution is -0.119. The molecule has 1 N–H and O–H groups in total. The molecule has 1 aromatic heterocycles. The second-order valence-electron chi connectivity index (χ2n) is 4.84. The molecule has 0 radical (unpaired) electrons. The number of nitrogens with one attached hydrogen (secondary N) is 1. The Kier molecular flexibility index (Phi) is 4.81. The van der Waals surface area contributed by atoms with Crippen LogP contribution < -0.4 is 14.8 Å². The number of esters is 1. The van der Waals surface area contributed by atoms with Gasteiger partial charge in [-0.05, 0) is 24.3 Å². The lowest BCUT2D eigenvalue weighted by atomic mass is 10.2. The molecule has 0 saturated heterocycles. The fourth-order valence-electron chi connectivity index (χ4n) is 2.04. The SMILES string of the molecule is O=C(COC(=O)c1cc(Cl)ccn1)Nc1ccc2c(c1)OCCO2. The van der Waals surface area contributed by atoms with Crippen molar-refractivity contribution in [1.82, 2.24) is 4.98 Å². The van der Waals surface area contributed by atoms with E-state index in [9.17, 15) is 9.59 Å². The summed E-state index contributed by atoms with van der Waals surface area (Å²) in [5, 5.41) is 2.97. The van der Waals surface area contributed by atoms with E-state index >= 15 is 0 Å². The Hall–Kier alpha value is -2.80. The first-order chi connectivity index (χ1) is 11.6. The van der Waals surface area contributed by atoms with Crippen LogP contribution in [0.25, 0.3) is 0 Å². The van der Waals surface area contributed by atoms with Crippen molar-refractivity contribution in [2.75, 3.05) is 25.1 Å². The van der Waals surface area contributed by atoms with Crippen LogP contribution in [0, 0.1) is 0 Å². The molecule has 124 valence electrons. The van der Waals surface area contributed by atoms with Crippen LogP contribution in [-0.2, 0) is 9.53 Å². The molecule has 3 rings (SSSR count). The minimum Gasteiger partial charge on any atom is -0.486 e. The molecule has 0 spiro atoms. The van der Waals surface area contributed by atoms with Crippen molar-refractivity contribution in [2.45, 2.75) is 0 Å². The number of nitrogens with zero attached hydrogens (tertiary/aromatic N) is 1. The number of hydrogen-bond acceptors (Lipinski definition) is 6. The van der Waals surface area contributed by atoms with Gasteiger partial charge in [-0.3, -0.25) is 4.79 Å². The average molecular weight is 349 g/mol. The van der Waals surface area contributed by atoms with Crippen molar-refractivity contribution < 1.29 is 23.8 Å². The van der Waals surface area contributed by atoms with E-state index in [0.717, 1.165) is 0 Å². The number of amides is 1. The number of ether oxygens (including phenoxy) is 3. The van der Waals surface area contributed by atoms with E-state index in [-0.39, 0.29) is 5.69 Å². The molecule has 1 aromatic carbocycles. The zero-order valence-corrected chi connectivity index (χ0v) is 13.2. The van der Waals surface area contributed by atoms with Gasteiger partial charge in [0.05, 0.1) is 0 Å². The molecule has 24 heavy (non-hydrogen) atoms. The van der Waals surface area contributed by atoms with Gasteiger partial charge in [0.15, 0.2) is 18.1 Å². The van der Waals surface area contributed by atoms with Crippen LogP contribution in [0.15, 0.2) is 36.5 Å². The lowest BCUT2D eigenvalue weighted by Crippen LogP contribution is -2.21. The largest absolute Gasteiger partial charge is 0.486 e. The summed E-state index contributed by atoms with van der Waals surface area (Å²) in [6, 6.07) is 7.92. The molecule has 0 atom stereocenters. The van der Waals surface area contributed by atoms with Crippen LogP contribution in [0.4, 0.5) is 5.69 Å². The molecule has 0 unspecified atom stereocenters.